The summed E-state index contributed by atoms with van der Waals surface area (Å²) in [6.07, 6.45) is 0.0567. The molecule has 166 valence electrons. The molecule has 0 heterocycles. The smallest absolute Gasteiger partial charge is 0.167 e. The molecule has 0 aromatic heterocycles. The molecule has 0 aliphatic heterocycles. The van der Waals surface area contributed by atoms with Gasteiger partial charge in [0.2, 0.25) is 0 Å². The molecule has 5 rings (SSSR count). The van der Waals surface area contributed by atoms with Crippen molar-refractivity contribution in [2.75, 3.05) is 0 Å². The molecule has 0 nitrogen and oxygen atoms in total. The number of benzene rings is 4. The zero-order valence-electron chi connectivity index (χ0n) is 17.6. The van der Waals surface area contributed by atoms with E-state index in [0.29, 0.717) is 11.1 Å². The van der Waals surface area contributed by atoms with E-state index in [0.717, 1.165) is 6.07 Å². The molecule has 0 bridgehead atoms. The summed E-state index contributed by atoms with van der Waals surface area (Å²) in [7, 11) is 0. The van der Waals surface area contributed by atoms with Crippen molar-refractivity contribution in [3.05, 3.63) is 106 Å². The summed E-state index contributed by atoms with van der Waals surface area (Å²) < 4.78 is 88.0. The number of aryl methyl sites for hydroxylation is 2. The monoisotopic (exact) mass is 454 g/mol. The molecule has 6 heteroatoms. The number of hydrogen-bond donors (Lipinski definition) is 0. The summed E-state index contributed by atoms with van der Waals surface area (Å²) in [5.74, 6) is -6.47. The molecule has 0 spiro atoms. The van der Waals surface area contributed by atoms with E-state index in [9.17, 15) is 13.2 Å². The van der Waals surface area contributed by atoms with Gasteiger partial charge in [0.1, 0.15) is 11.6 Å². The fourth-order valence-electron chi connectivity index (χ4n) is 4.48. The van der Waals surface area contributed by atoms with Crippen LogP contribution in [0, 0.1) is 48.8 Å². The Morgan fingerprint density at radius 3 is 1.82 bits per heavy atom. The van der Waals surface area contributed by atoms with Gasteiger partial charge in [-0.15, -0.1) is 0 Å². The van der Waals surface area contributed by atoms with E-state index < -0.39 is 34.9 Å². The van der Waals surface area contributed by atoms with Gasteiger partial charge in [-0.25, -0.2) is 26.3 Å². The SMILES string of the molecule is Cc1ccc(-c2ccc(-c3cc4c(c(F)c3F)-c3c(cc(C)c(F)c3F)C4)c(F)c2)c(F)c1. The predicted molar refractivity (Wildman–Crippen MR) is 115 cm³/mol. The molecule has 1 aliphatic rings. The molecule has 0 radical (unpaired) electrons. The van der Waals surface area contributed by atoms with E-state index >= 15 is 13.2 Å². The maximum atomic E-state index is 15.1. The Hall–Kier alpha value is -3.54. The Morgan fingerprint density at radius 2 is 1.15 bits per heavy atom. The van der Waals surface area contributed by atoms with Crippen molar-refractivity contribution in [2.24, 2.45) is 0 Å². The van der Waals surface area contributed by atoms with Crippen molar-refractivity contribution in [1.82, 2.24) is 0 Å². The number of rotatable bonds is 2. The molecular weight excluding hydrogens is 438 g/mol. The standard InChI is InChI=1S/C27H16F6/c1-12-3-5-17(20(28)7-12)14-4-6-18(21(29)11-14)19-10-16-9-15-8-13(2)24(30)26(32)22(15)23(16)27(33)25(19)31/h3-8,10-11H,9H2,1-2H3. The van der Waals surface area contributed by atoms with Gasteiger partial charge in [-0.05, 0) is 66.3 Å². The van der Waals surface area contributed by atoms with Crippen molar-refractivity contribution in [3.8, 4) is 33.4 Å². The molecule has 0 atom stereocenters. The van der Waals surface area contributed by atoms with E-state index in [1.165, 1.54) is 43.3 Å². The molecule has 0 saturated heterocycles. The largest absolute Gasteiger partial charge is 0.206 e. The minimum Gasteiger partial charge on any atom is -0.206 e. The molecule has 4 aromatic rings. The van der Waals surface area contributed by atoms with Gasteiger partial charge in [0.05, 0.1) is 0 Å². The van der Waals surface area contributed by atoms with Crippen LogP contribution in [0.4, 0.5) is 26.3 Å². The van der Waals surface area contributed by atoms with Gasteiger partial charge in [0.25, 0.3) is 0 Å². The van der Waals surface area contributed by atoms with Gasteiger partial charge in [-0.3, -0.25) is 0 Å². The van der Waals surface area contributed by atoms with E-state index in [2.05, 4.69) is 0 Å². The molecule has 1 aliphatic carbocycles. The lowest BCUT2D eigenvalue weighted by atomic mass is 9.95. The second-order valence-corrected chi connectivity index (χ2v) is 8.30. The first-order chi connectivity index (χ1) is 15.7. The average Bonchev–Trinajstić information content (AvgIpc) is 3.13. The Morgan fingerprint density at radius 1 is 0.545 bits per heavy atom. The first kappa shape index (κ1) is 21.3. The first-order valence-corrected chi connectivity index (χ1v) is 10.2. The van der Waals surface area contributed by atoms with Crippen molar-refractivity contribution in [3.63, 3.8) is 0 Å². The Bertz CT molecular complexity index is 1470. The Balaban J connectivity index is 1.64. The van der Waals surface area contributed by atoms with Crippen molar-refractivity contribution >= 4 is 0 Å². The highest BCUT2D eigenvalue weighted by Gasteiger charge is 2.32. The zero-order chi connectivity index (χ0) is 23.6. The molecule has 0 unspecified atom stereocenters. The number of hydrogen-bond acceptors (Lipinski definition) is 0. The molecule has 0 fully saturated rings. The van der Waals surface area contributed by atoms with E-state index in [1.807, 2.05) is 0 Å². The summed E-state index contributed by atoms with van der Waals surface area (Å²) >= 11 is 0. The van der Waals surface area contributed by atoms with Gasteiger partial charge in [0.15, 0.2) is 23.3 Å². The third-order valence-electron chi connectivity index (χ3n) is 6.08. The third-order valence-corrected chi connectivity index (χ3v) is 6.08. The molecule has 0 saturated carbocycles. The summed E-state index contributed by atoms with van der Waals surface area (Å²) in [5.41, 5.74) is 0.545. The van der Waals surface area contributed by atoms with Crippen molar-refractivity contribution in [1.29, 1.82) is 0 Å². The molecule has 0 N–H and O–H groups in total. The Kier molecular flexibility index (Phi) is 4.85. The van der Waals surface area contributed by atoms with Crippen LogP contribution in [0.5, 0.6) is 0 Å². The Labute approximate surface area is 186 Å². The third kappa shape index (κ3) is 3.24. The van der Waals surface area contributed by atoms with E-state index in [-0.39, 0.29) is 50.9 Å². The fraction of sp³-hybridized carbons (Fsp3) is 0.111. The molecule has 33 heavy (non-hydrogen) atoms. The van der Waals surface area contributed by atoms with Gasteiger partial charge in [0, 0.05) is 27.8 Å². The zero-order valence-corrected chi connectivity index (χ0v) is 17.6. The lowest BCUT2D eigenvalue weighted by Crippen LogP contribution is -1.99. The minimum absolute atomic E-state index is 0.0567. The lowest BCUT2D eigenvalue weighted by Gasteiger charge is -2.13. The average molecular weight is 454 g/mol. The summed E-state index contributed by atoms with van der Waals surface area (Å²) in [6, 6.07) is 10.9. The van der Waals surface area contributed by atoms with Crippen LogP contribution < -0.4 is 0 Å². The fourth-order valence-corrected chi connectivity index (χ4v) is 4.48. The second kappa shape index (κ2) is 7.51. The van der Waals surface area contributed by atoms with Gasteiger partial charge < -0.3 is 0 Å². The molecular formula is C27H16F6. The predicted octanol–water partition coefficient (Wildman–Crippen LogP) is 8.04. The minimum atomic E-state index is -1.37. The van der Waals surface area contributed by atoms with Crippen molar-refractivity contribution < 1.29 is 26.3 Å². The summed E-state index contributed by atoms with van der Waals surface area (Å²) in [6.45, 7) is 3.11. The van der Waals surface area contributed by atoms with Crippen LogP contribution in [0.3, 0.4) is 0 Å². The highest BCUT2D eigenvalue weighted by Crippen LogP contribution is 2.45. The summed E-state index contributed by atoms with van der Waals surface area (Å²) in [5, 5.41) is 0. The van der Waals surface area contributed by atoms with Crippen LogP contribution in [0.15, 0.2) is 48.5 Å². The lowest BCUT2D eigenvalue weighted by molar-refractivity contribution is 0.499. The van der Waals surface area contributed by atoms with Crippen LogP contribution >= 0.6 is 0 Å². The second-order valence-electron chi connectivity index (χ2n) is 8.30. The van der Waals surface area contributed by atoms with Gasteiger partial charge in [-0.1, -0.05) is 30.3 Å². The van der Waals surface area contributed by atoms with Crippen LogP contribution in [0.1, 0.15) is 22.3 Å². The topological polar surface area (TPSA) is 0 Å². The maximum Gasteiger partial charge on any atom is 0.167 e. The van der Waals surface area contributed by atoms with Crippen molar-refractivity contribution in [2.45, 2.75) is 20.3 Å². The van der Waals surface area contributed by atoms with Crippen LogP contribution in [0.25, 0.3) is 33.4 Å². The summed E-state index contributed by atoms with van der Waals surface area (Å²) in [4.78, 5) is 0. The first-order valence-electron chi connectivity index (χ1n) is 10.2. The number of fused-ring (bicyclic) bond motifs is 3. The molecule has 0 amide bonds. The van der Waals surface area contributed by atoms with Crippen LogP contribution in [0.2, 0.25) is 0 Å². The van der Waals surface area contributed by atoms with Crippen LogP contribution in [-0.2, 0) is 6.42 Å². The quantitative estimate of drug-likeness (QED) is 0.237. The van der Waals surface area contributed by atoms with E-state index in [1.54, 1.807) is 13.0 Å². The van der Waals surface area contributed by atoms with Gasteiger partial charge in [-0.2, -0.15) is 0 Å². The van der Waals surface area contributed by atoms with E-state index in [4.69, 9.17) is 0 Å². The highest BCUT2D eigenvalue weighted by molar-refractivity contribution is 5.82. The normalized spacial score (nSPS) is 12.1. The highest BCUT2D eigenvalue weighted by atomic mass is 19.2. The number of halogens is 6. The molecule has 4 aromatic carbocycles. The maximum absolute atomic E-state index is 15.1. The van der Waals surface area contributed by atoms with Gasteiger partial charge >= 0.3 is 0 Å². The van der Waals surface area contributed by atoms with Crippen LogP contribution in [-0.4, -0.2) is 0 Å².